The van der Waals surface area contributed by atoms with Gasteiger partial charge in [0.15, 0.2) is 0 Å². The molecule has 0 atom stereocenters. The molecular weight excluding hydrogens is 72.1 g/mol. The van der Waals surface area contributed by atoms with E-state index in [0.717, 1.165) is 5.92 Å². The molecule has 3 fully saturated rings. The molecule has 0 aromatic carbocycles. The van der Waals surface area contributed by atoms with E-state index in [4.69, 9.17) is 0 Å². The molecule has 0 heteroatoms. The molecule has 3 rings (SSSR count). The number of rotatable bonds is 0. The van der Waals surface area contributed by atoms with Crippen molar-refractivity contribution < 1.29 is 0 Å². The molecule has 3 aliphatic carbocycles. The monoisotopic (exact) mass is 81.1 g/mol. The quantitative estimate of drug-likeness (QED) is 0.417. The molecule has 0 nitrogen and oxygen atoms in total. The highest BCUT2D eigenvalue weighted by Crippen LogP contribution is 2.49. The molecule has 0 aromatic heterocycles. The van der Waals surface area contributed by atoms with Crippen LogP contribution in [0.4, 0.5) is 0 Å². The van der Waals surface area contributed by atoms with E-state index in [9.17, 15) is 0 Å². The lowest BCUT2D eigenvalue weighted by atomic mass is 9.85. The summed E-state index contributed by atoms with van der Waals surface area (Å²) in [5.41, 5.74) is 0. The Balaban J connectivity index is 2.16. The summed E-state index contributed by atoms with van der Waals surface area (Å²) in [4.78, 5) is 0. The van der Waals surface area contributed by atoms with Crippen LogP contribution >= 0.6 is 0 Å². The van der Waals surface area contributed by atoms with E-state index in [1.165, 1.54) is 25.7 Å². The Hall–Kier alpha value is 0. The SMILES string of the molecule is C1CC2C[C]1C2. The Labute approximate surface area is 38.6 Å². The second kappa shape index (κ2) is 0.800. The van der Waals surface area contributed by atoms with Gasteiger partial charge in [0.25, 0.3) is 0 Å². The fourth-order valence-electron chi connectivity index (χ4n) is 1.57. The van der Waals surface area contributed by atoms with Gasteiger partial charge in [-0.3, -0.25) is 0 Å². The van der Waals surface area contributed by atoms with Gasteiger partial charge in [-0.05, 0) is 37.5 Å². The van der Waals surface area contributed by atoms with Gasteiger partial charge in [0, 0.05) is 0 Å². The summed E-state index contributed by atoms with van der Waals surface area (Å²) in [5.74, 6) is 3.00. The maximum absolute atomic E-state index is 1.85. The topological polar surface area (TPSA) is 0 Å². The molecule has 0 aliphatic heterocycles. The molecule has 1 radical (unpaired) electrons. The van der Waals surface area contributed by atoms with E-state index >= 15 is 0 Å². The van der Waals surface area contributed by atoms with E-state index in [-0.39, 0.29) is 0 Å². The maximum atomic E-state index is 1.85. The highest BCUT2D eigenvalue weighted by atomic mass is 14.4. The number of fused-ring (bicyclic) bond motifs is 1. The van der Waals surface area contributed by atoms with Crippen LogP contribution < -0.4 is 0 Å². The largest absolute Gasteiger partial charge is 0.0499 e. The first-order valence-electron chi connectivity index (χ1n) is 2.79. The summed E-state index contributed by atoms with van der Waals surface area (Å²) in [6, 6.07) is 0. The van der Waals surface area contributed by atoms with Crippen molar-refractivity contribution in [2.24, 2.45) is 5.92 Å². The standard InChI is InChI=1S/C6H9/c1-2-6-3-5(1)4-6/h5H,1-4H2. The van der Waals surface area contributed by atoms with E-state index in [1.54, 1.807) is 0 Å². The van der Waals surface area contributed by atoms with Crippen LogP contribution in [-0.4, -0.2) is 0 Å². The third kappa shape index (κ3) is 0.213. The molecule has 2 bridgehead atoms. The molecule has 3 saturated carbocycles. The van der Waals surface area contributed by atoms with Crippen LogP contribution in [0.15, 0.2) is 0 Å². The van der Waals surface area contributed by atoms with Crippen molar-refractivity contribution in [3.8, 4) is 0 Å². The fourth-order valence-corrected chi connectivity index (χ4v) is 1.57. The van der Waals surface area contributed by atoms with Gasteiger partial charge in [0.2, 0.25) is 0 Å². The van der Waals surface area contributed by atoms with Gasteiger partial charge in [0.1, 0.15) is 0 Å². The average molecular weight is 81.1 g/mol. The summed E-state index contributed by atoms with van der Waals surface area (Å²) in [7, 11) is 0. The highest BCUT2D eigenvalue weighted by Gasteiger charge is 2.35. The zero-order chi connectivity index (χ0) is 3.98. The van der Waals surface area contributed by atoms with Crippen LogP contribution in [0, 0.1) is 11.8 Å². The second-order valence-electron chi connectivity index (χ2n) is 2.56. The van der Waals surface area contributed by atoms with Crippen molar-refractivity contribution >= 4 is 0 Å². The van der Waals surface area contributed by atoms with Crippen LogP contribution in [0.5, 0.6) is 0 Å². The van der Waals surface area contributed by atoms with E-state index in [2.05, 4.69) is 0 Å². The Kier molecular flexibility index (Phi) is 0.408. The van der Waals surface area contributed by atoms with Crippen molar-refractivity contribution in [2.45, 2.75) is 25.7 Å². The highest BCUT2D eigenvalue weighted by molar-refractivity contribution is 5.10. The van der Waals surface area contributed by atoms with Gasteiger partial charge in [-0.25, -0.2) is 0 Å². The summed E-state index contributed by atoms with van der Waals surface area (Å²) in [5, 5.41) is 0. The zero-order valence-electron chi connectivity index (χ0n) is 3.91. The molecule has 0 N–H and O–H groups in total. The third-order valence-electron chi connectivity index (χ3n) is 2.06. The Morgan fingerprint density at radius 1 is 1.33 bits per heavy atom. The van der Waals surface area contributed by atoms with Crippen LogP contribution in [0.25, 0.3) is 0 Å². The van der Waals surface area contributed by atoms with Crippen LogP contribution in [0.2, 0.25) is 0 Å². The molecule has 0 spiro atoms. The van der Waals surface area contributed by atoms with Gasteiger partial charge >= 0.3 is 0 Å². The molecule has 33 valence electrons. The summed E-state index contributed by atoms with van der Waals surface area (Å²) >= 11 is 0. The predicted octanol–water partition coefficient (Wildman–Crippen LogP) is 1.76. The molecule has 6 heavy (non-hydrogen) atoms. The minimum absolute atomic E-state index is 1.15. The first-order valence-corrected chi connectivity index (χ1v) is 2.79. The lowest BCUT2D eigenvalue weighted by Gasteiger charge is -2.20. The van der Waals surface area contributed by atoms with Gasteiger partial charge in [-0.2, -0.15) is 0 Å². The van der Waals surface area contributed by atoms with Gasteiger partial charge < -0.3 is 0 Å². The molecular formula is C6H9. The van der Waals surface area contributed by atoms with Gasteiger partial charge in [-0.15, -0.1) is 0 Å². The molecule has 0 saturated heterocycles. The van der Waals surface area contributed by atoms with Crippen molar-refractivity contribution in [3.05, 3.63) is 5.92 Å². The Morgan fingerprint density at radius 2 is 2.17 bits per heavy atom. The van der Waals surface area contributed by atoms with E-state index in [1.807, 2.05) is 5.92 Å². The molecule has 3 aliphatic rings. The Morgan fingerprint density at radius 3 is 2.33 bits per heavy atom. The lowest BCUT2D eigenvalue weighted by molar-refractivity contribution is 0.450. The first-order chi connectivity index (χ1) is 2.95. The summed E-state index contributed by atoms with van der Waals surface area (Å²) in [6.45, 7) is 0. The van der Waals surface area contributed by atoms with Crippen molar-refractivity contribution in [3.63, 3.8) is 0 Å². The molecule has 0 aromatic rings. The third-order valence-corrected chi connectivity index (χ3v) is 2.06. The van der Waals surface area contributed by atoms with E-state index < -0.39 is 0 Å². The molecule has 0 amide bonds. The minimum atomic E-state index is 1.15. The fraction of sp³-hybridized carbons (Fsp3) is 0.833. The van der Waals surface area contributed by atoms with Gasteiger partial charge in [-0.1, -0.05) is 0 Å². The van der Waals surface area contributed by atoms with Gasteiger partial charge in [0.05, 0.1) is 0 Å². The number of hydrogen-bond acceptors (Lipinski definition) is 0. The minimum Gasteiger partial charge on any atom is -0.0499 e. The smallest absolute Gasteiger partial charge is 0.0235 e. The predicted molar refractivity (Wildman–Crippen MR) is 25.2 cm³/mol. The maximum Gasteiger partial charge on any atom is -0.0235 e. The molecule has 0 heterocycles. The molecule has 0 unspecified atom stereocenters. The average Bonchev–Trinajstić information content (AvgIpc) is 1.72. The first kappa shape index (κ1) is 3.06. The van der Waals surface area contributed by atoms with Crippen molar-refractivity contribution in [1.29, 1.82) is 0 Å². The summed E-state index contributed by atoms with van der Waals surface area (Å²) in [6.07, 6.45) is 6.00. The van der Waals surface area contributed by atoms with Crippen LogP contribution in [-0.2, 0) is 0 Å². The lowest BCUT2D eigenvalue weighted by Crippen LogP contribution is -2.07. The van der Waals surface area contributed by atoms with Crippen LogP contribution in [0.1, 0.15) is 25.7 Å². The van der Waals surface area contributed by atoms with Crippen molar-refractivity contribution in [2.75, 3.05) is 0 Å². The summed E-state index contributed by atoms with van der Waals surface area (Å²) < 4.78 is 0. The van der Waals surface area contributed by atoms with Crippen LogP contribution in [0.3, 0.4) is 0 Å². The Bertz CT molecular complexity index is 46.9. The normalized spacial score (nSPS) is 34.0. The van der Waals surface area contributed by atoms with E-state index in [0.29, 0.717) is 0 Å². The number of hydrogen-bond donors (Lipinski definition) is 0. The van der Waals surface area contributed by atoms with Crippen molar-refractivity contribution in [1.82, 2.24) is 0 Å². The zero-order valence-corrected chi connectivity index (χ0v) is 3.91. The second-order valence-corrected chi connectivity index (χ2v) is 2.56.